The zero-order chi connectivity index (χ0) is 13.4. The molecule has 98 valence electrons. The second kappa shape index (κ2) is 4.94. The van der Waals surface area contributed by atoms with Crippen LogP contribution in [0.25, 0.3) is 0 Å². The zero-order valence-corrected chi connectivity index (χ0v) is 11.6. The molecule has 2 aromatic carbocycles. The Labute approximate surface area is 119 Å². The first kappa shape index (κ1) is 12.6. The van der Waals surface area contributed by atoms with E-state index in [0.717, 1.165) is 15.6 Å². The van der Waals surface area contributed by atoms with Crippen LogP contribution in [-0.2, 0) is 0 Å². The highest BCUT2D eigenvalue weighted by Gasteiger charge is 2.28. The summed E-state index contributed by atoms with van der Waals surface area (Å²) in [7, 11) is 0. The van der Waals surface area contributed by atoms with Crippen LogP contribution in [0.2, 0.25) is 0 Å². The maximum absolute atomic E-state index is 13.2. The van der Waals surface area contributed by atoms with E-state index in [9.17, 15) is 9.50 Å². The molecule has 19 heavy (non-hydrogen) atoms. The molecular weight excluding hydrogens is 311 g/mol. The quantitative estimate of drug-likeness (QED) is 0.854. The number of fused-ring (bicyclic) bond motifs is 1. The lowest BCUT2D eigenvalue weighted by Crippen LogP contribution is -2.19. The average Bonchev–Trinajstić information content (AvgIpc) is 2.39. The first-order valence-electron chi connectivity index (χ1n) is 6.03. The van der Waals surface area contributed by atoms with Crippen molar-refractivity contribution in [2.24, 2.45) is 0 Å². The third-order valence-corrected chi connectivity index (χ3v) is 3.75. The lowest BCUT2D eigenvalue weighted by Gasteiger charge is -2.30. The van der Waals surface area contributed by atoms with Crippen LogP contribution < -0.4 is 4.74 Å². The van der Waals surface area contributed by atoms with E-state index in [4.69, 9.17) is 4.74 Å². The smallest absolute Gasteiger partial charge is 0.127 e. The molecule has 0 aromatic heterocycles. The van der Waals surface area contributed by atoms with Crippen LogP contribution in [0.4, 0.5) is 4.39 Å². The Morgan fingerprint density at radius 2 is 2.05 bits per heavy atom. The lowest BCUT2D eigenvalue weighted by atomic mass is 9.95. The van der Waals surface area contributed by atoms with Crippen molar-refractivity contribution in [3.63, 3.8) is 0 Å². The normalized spacial score (nSPS) is 21.6. The zero-order valence-electron chi connectivity index (χ0n) is 10.0. The molecule has 1 heterocycles. The summed E-state index contributed by atoms with van der Waals surface area (Å²) in [6, 6.07) is 11.8. The Hall–Kier alpha value is -1.39. The SMILES string of the molecule is OC1CC(c2cccc(F)c2)Oc2ccc(Br)cc21. The van der Waals surface area contributed by atoms with E-state index in [-0.39, 0.29) is 11.9 Å². The third-order valence-electron chi connectivity index (χ3n) is 3.26. The fraction of sp³-hybridized carbons (Fsp3) is 0.200. The average molecular weight is 323 g/mol. The Morgan fingerprint density at radius 3 is 2.84 bits per heavy atom. The summed E-state index contributed by atoms with van der Waals surface area (Å²) in [6.45, 7) is 0. The Kier molecular flexibility index (Phi) is 3.29. The minimum Gasteiger partial charge on any atom is -0.485 e. The summed E-state index contributed by atoms with van der Waals surface area (Å²) in [5, 5.41) is 10.2. The molecule has 1 aliphatic heterocycles. The van der Waals surface area contributed by atoms with Crippen LogP contribution >= 0.6 is 15.9 Å². The van der Waals surface area contributed by atoms with Gasteiger partial charge in [0.15, 0.2) is 0 Å². The third kappa shape index (κ3) is 2.51. The van der Waals surface area contributed by atoms with Crippen molar-refractivity contribution in [1.82, 2.24) is 0 Å². The highest BCUT2D eigenvalue weighted by Crippen LogP contribution is 2.41. The summed E-state index contributed by atoms with van der Waals surface area (Å²) in [5.41, 5.74) is 1.51. The number of hydrogen-bond donors (Lipinski definition) is 1. The molecule has 2 aromatic rings. The van der Waals surface area contributed by atoms with Crippen LogP contribution in [0, 0.1) is 5.82 Å². The van der Waals surface area contributed by atoms with Crippen LogP contribution in [-0.4, -0.2) is 5.11 Å². The molecule has 4 heteroatoms. The molecule has 0 bridgehead atoms. The van der Waals surface area contributed by atoms with E-state index in [0.29, 0.717) is 12.2 Å². The van der Waals surface area contributed by atoms with E-state index in [2.05, 4.69) is 15.9 Å². The van der Waals surface area contributed by atoms with E-state index < -0.39 is 6.10 Å². The Balaban J connectivity index is 1.95. The summed E-state index contributed by atoms with van der Waals surface area (Å²) >= 11 is 3.37. The van der Waals surface area contributed by atoms with Gasteiger partial charge in [0.25, 0.3) is 0 Å². The highest BCUT2D eigenvalue weighted by atomic mass is 79.9. The van der Waals surface area contributed by atoms with Crippen molar-refractivity contribution < 1.29 is 14.2 Å². The molecule has 0 radical (unpaired) electrons. The molecule has 2 unspecified atom stereocenters. The standard InChI is InChI=1S/C15H12BrFO2/c16-10-4-5-14-12(7-10)13(18)8-15(19-14)9-2-1-3-11(17)6-9/h1-7,13,15,18H,8H2. The number of aliphatic hydroxyl groups excluding tert-OH is 1. The van der Waals surface area contributed by atoms with Crippen molar-refractivity contribution in [2.45, 2.75) is 18.6 Å². The predicted octanol–water partition coefficient (Wildman–Crippen LogP) is 4.15. The van der Waals surface area contributed by atoms with Crippen molar-refractivity contribution in [3.8, 4) is 5.75 Å². The van der Waals surface area contributed by atoms with E-state index in [1.54, 1.807) is 6.07 Å². The molecule has 0 fully saturated rings. The number of aliphatic hydroxyl groups is 1. The topological polar surface area (TPSA) is 29.5 Å². The van der Waals surface area contributed by atoms with Gasteiger partial charge in [0.2, 0.25) is 0 Å². The molecule has 1 aliphatic rings. The first-order valence-corrected chi connectivity index (χ1v) is 6.82. The maximum atomic E-state index is 13.2. The number of halogens is 2. The molecular formula is C15H12BrFO2. The number of hydrogen-bond acceptors (Lipinski definition) is 2. The molecule has 0 aliphatic carbocycles. The second-order valence-corrected chi connectivity index (χ2v) is 5.51. The Morgan fingerprint density at radius 1 is 1.21 bits per heavy atom. The first-order chi connectivity index (χ1) is 9.13. The monoisotopic (exact) mass is 322 g/mol. The minimum atomic E-state index is -0.602. The van der Waals surface area contributed by atoms with Gasteiger partial charge < -0.3 is 9.84 Å². The van der Waals surface area contributed by atoms with Crippen molar-refractivity contribution in [3.05, 3.63) is 63.9 Å². The van der Waals surface area contributed by atoms with Gasteiger partial charge in [-0.25, -0.2) is 4.39 Å². The minimum absolute atomic E-state index is 0.294. The van der Waals surface area contributed by atoms with Gasteiger partial charge in [-0.3, -0.25) is 0 Å². The summed E-state index contributed by atoms with van der Waals surface area (Å²) in [6.07, 6.45) is -0.499. The van der Waals surface area contributed by atoms with Gasteiger partial charge in [0.1, 0.15) is 17.7 Å². The molecule has 0 saturated carbocycles. The lowest BCUT2D eigenvalue weighted by molar-refractivity contribution is 0.0655. The van der Waals surface area contributed by atoms with Gasteiger partial charge in [-0.1, -0.05) is 28.1 Å². The predicted molar refractivity (Wildman–Crippen MR) is 73.5 cm³/mol. The summed E-state index contributed by atoms with van der Waals surface area (Å²) in [4.78, 5) is 0. The van der Waals surface area contributed by atoms with Gasteiger partial charge >= 0.3 is 0 Å². The largest absolute Gasteiger partial charge is 0.485 e. The van der Waals surface area contributed by atoms with Crippen LogP contribution in [0.1, 0.15) is 29.8 Å². The molecule has 0 spiro atoms. The highest BCUT2D eigenvalue weighted by molar-refractivity contribution is 9.10. The fourth-order valence-corrected chi connectivity index (χ4v) is 2.71. The second-order valence-electron chi connectivity index (χ2n) is 4.60. The van der Waals surface area contributed by atoms with Gasteiger partial charge in [0.05, 0.1) is 6.10 Å². The fourth-order valence-electron chi connectivity index (χ4n) is 2.33. The number of rotatable bonds is 1. The van der Waals surface area contributed by atoms with Gasteiger partial charge in [-0.2, -0.15) is 0 Å². The van der Waals surface area contributed by atoms with Crippen molar-refractivity contribution in [2.75, 3.05) is 0 Å². The van der Waals surface area contributed by atoms with E-state index >= 15 is 0 Å². The summed E-state index contributed by atoms with van der Waals surface area (Å²) < 4.78 is 20.0. The molecule has 2 nitrogen and oxygen atoms in total. The number of ether oxygens (including phenoxy) is 1. The molecule has 3 rings (SSSR count). The van der Waals surface area contributed by atoms with E-state index in [1.165, 1.54) is 12.1 Å². The van der Waals surface area contributed by atoms with Crippen LogP contribution in [0.15, 0.2) is 46.9 Å². The maximum Gasteiger partial charge on any atom is 0.127 e. The summed E-state index contributed by atoms with van der Waals surface area (Å²) in [5.74, 6) is 0.355. The van der Waals surface area contributed by atoms with Crippen molar-refractivity contribution in [1.29, 1.82) is 0 Å². The van der Waals surface area contributed by atoms with Crippen molar-refractivity contribution >= 4 is 15.9 Å². The van der Waals surface area contributed by atoms with Gasteiger partial charge in [-0.05, 0) is 35.9 Å². The molecule has 0 amide bonds. The Bertz CT molecular complexity index is 615. The van der Waals surface area contributed by atoms with Gasteiger partial charge in [-0.15, -0.1) is 0 Å². The van der Waals surface area contributed by atoms with Crippen LogP contribution in [0.5, 0.6) is 5.75 Å². The van der Waals surface area contributed by atoms with Gasteiger partial charge in [0, 0.05) is 16.5 Å². The molecule has 0 saturated heterocycles. The van der Waals surface area contributed by atoms with Crippen LogP contribution in [0.3, 0.4) is 0 Å². The molecule has 1 N–H and O–H groups in total. The molecule has 2 atom stereocenters. The number of benzene rings is 2. The van der Waals surface area contributed by atoms with E-state index in [1.807, 2.05) is 24.3 Å².